The molecule has 1 aliphatic rings. The maximum absolute atomic E-state index is 12.8. The van der Waals surface area contributed by atoms with E-state index in [1.54, 1.807) is 4.68 Å². The molecule has 110 valence electrons. The van der Waals surface area contributed by atoms with E-state index in [9.17, 15) is 4.79 Å². The van der Waals surface area contributed by atoms with Gasteiger partial charge in [-0.15, -0.1) is 0 Å². The number of nitrogens with one attached hydrogen (secondary N) is 1. The average molecular weight is 283 g/mol. The molecule has 0 saturated heterocycles. The normalized spacial score (nSPS) is 21.3. The summed E-state index contributed by atoms with van der Waals surface area (Å²) >= 11 is 0. The summed E-state index contributed by atoms with van der Waals surface area (Å²) in [6, 6.07) is 7.71. The first kappa shape index (κ1) is 13.9. The predicted molar refractivity (Wildman–Crippen MR) is 86.2 cm³/mol. The first-order valence-electron chi connectivity index (χ1n) is 7.53. The number of nitrogens with zero attached hydrogens (tertiary/aromatic N) is 2. The lowest BCUT2D eigenvalue weighted by Crippen LogP contribution is -2.38. The number of hydrogen-bond donors (Lipinski definition) is 1. The zero-order chi connectivity index (χ0) is 15.0. The van der Waals surface area contributed by atoms with Gasteiger partial charge in [0.05, 0.1) is 16.9 Å². The molecule has 1 N–H and O–H groups in total. The van der Waals surface area contributed by atoms with Gasteiger partial charge in [-0.1, -0.05) is 45.1 Å². The Kier molecular flexibility index (Phi) is 3.53. The lowest BCUT2D eigenvalue weighted by Gasteiger charge is -2.21. The minimum absolute atomic E-state index is 0.0164. The minimum atomic E-state index is -0.0164. The minimum Gasteiger partial charge on any atom is -0.315 e. The Morgan fingerprint density at radius 3 is 2.71 bits per heavy atom. The monoisotopic (exact) mass is 283 g/mol. The molecule has 2 atom stereocenters. The van der Waals surface area contributed by atoms with Gasteiger partial charge in [-0.2, -0.15) is 0 Å². The molecule has 1 aliphatic carbocycles. The fourth-order valence-electron chi connectivity index (χ4n) is 2.80. The second kappa shape index (κ2) is 5.35. The quantitative estimate of drug-likeness (QED) is 0.881. The Labute approximate surface area is 124 Å². The van der Waals surface area contributed by atoms with Gasteiger partial charge < -0.3 is 5.43 Å². The van der Waals surface area contributed by atoms with Crippen molar-refractivity contribution in [3.8, 4) is 0 Å². The molecule has 0 fully saturated rings. The summed E-state index contributed by atoms with van der Waals surface area (Å²) in [4.78, 5) is 17.4. The summed E-state index contributed by atoms with van der Waals surface area (Å²) in [7, 11) is 0. The number of benzene rings is 1. The third kappa shape index (κ3) is 2.58. The van der Waals surface area contributed by atoms with E-state index in [0.29, 0.717) is 11.3 Å². The SMILES string of the molecule is CC1C=CC(Nn2c(C(C)C)nc3ccccc3c2=O)C1. The first-order valence-corrected chi connectivity index (χ1v) is 7.53. The first-order chi connectivity index (χ1) is 10.1. The molecule has 2 unspecified atom stereocenters. The number of rotatable bonds is 3. The van der Waals surface area contributed by atoms with Crippen LogP contribution in [0.25, 0.3) is 10.9 Å². The van der Waals surface area contributed by atoms with Crippen molar-refractivity contribution >= 4 is 10.9 Å². The number of allylic oxidation sites excluding steroid dienone is 1. The Balaban J connectivity index is 2.10. The van der Waals surface area contributed by atoms with Gasteiger partial charge >= 0.3 is 0 Å². The van der Waals surface area contributed by atoms with Gasteiger partial charge in [0.25, 0.3) is 5.56 Å². The van der Waals surface area contributed by atoms with Crippen LogP contribution in [0.5, 0.6) is 0 Å². The van der Waals surface area contributed by atoms with Crippen LogP contribution in [0.15, 0.2) is 41.2 Å². The van der Waals surface area contributed by atoms with Gasteiger partial charge in [0, 0.05) is 5.92 Å². The highest BCUT2D eigenvalue weighted by Crippen LogP contribution is 2.19. The zero-order valence-electron chi connectivity index (χ0n) is 12.7. The summed E-state index contributed by atoms with van der Waals surface area (Å²) in [5.74, 6) is 1.51. The highest BCUT2D eigenvalue weighted by molar-refractivity contribution is 5.77. The Bertz CT molecular complexity index is 745. The van der Waals surface area contributed by atoms with E-state index in [4.69, 9.17) is 0 Å². The van der Waals surface area contributed by atoms with Gasteiger partial charge in [0.15, 0.2) is 0 Å². The summed E-state index contributed by atoms with van der Waals surface area (Å²) < 4.78 is 1.64. The number of fused-ring (bicyclic) bond motifs is 1. The summed E-state index contributed by atoms with van der Waals surface area (Å²) in [6.07, 6.45) is 5.33. The molecule has 1 aromatic carbocycles. The van der Waals surface area contributed by atoms with Crippen molar-refractivity contribution in [3.05, 3.63) is 52.6 Å². The predicted octanol–water partition coefficient (Wildman–Crippen LogP) is 3.03. The van der Waals surface area contributed by atoms with Crippen molar-refractivity contribution in [1.29, 1.82) is 0 Å². The van der Waals surface area contributed by atoms with Crippen LogP contribution in [-0.4, -0.2) is 15.7 Å². The fourth-order valence-corrected chi connectivity index (χ4v) is 2.80. The van der Waals surface area contributed by atoms with Crippen LogP contribution >= 0.6 is 0 Å². The van der Waals surface area contributed by atoms with Gasteiger partial charge in [0.1, 0.15) is 5.82 Å². The van der Waals surface area contributed by atoms with Crippen molar-refractivity contribution < 1.29 is 0 Å². The molecule has 3 rings (SSSR count). The second-order valence-corrected chi connectivity index (χ2v) is 6.12. The van der Waals surface area contributed by atoms with Crippen molar-refractivity contribution in [1.82, 2.24) is 9.66 Å². The summed E-state index contributed by atoms with van der Waals surface area (Å²) in [5.41, 5.74) is 4.08. The third-order valence-electron chi connectivity index (χ3n) is 3.91. The second-order valence-electron chi connectivity index (χ2n) is 6.12. The molecule has 0 aliphatic heterocycles. The van der Waals surface area contributed by atoms with Crippen molar-refractivity contribution in [2.75, 3.05) is 5.43 Å². The van der Waals surface area contributed by atoms with E-state index >= 15 is 0 Å². The molecule has 0 radical (unpaired) electrons. The third-order valence-corrected chi connectivity index (χ3v) is 3.91. The van der Waals surface area contributed by atoms with Crippen molar-refractivity contribution in [3.63, 3.8) is 0 Å². The lowest BCUT2D eigenvalue weighted by atomic mass is 10.1. The van der Waals surface area contributed by atoms with E-state index in [1.165, 1.54) is 0 Å². The number of hydrogen-bond acceptors (Lipinski definition) is 3. The highest BCUT2D eigenvalue weighted by Gasteiger charge is 2.19. The highest BCUT2D eigenvalue weighted by atomic mass is 16.1. The van der Waals surface area contributed by atoms with Crippen LogP contribution in [0.4, 0.5) is 0 Å². The zero-order valence-corrected chi connectivity index (χ0v) is 12.7. The molecular formula is C17H21N3O. The lowest BCUT2D eigenvalue weighted by molar-refractivity contribution is 0.586. The maximum Gasteiger partial charge on any atom is 0.279 e. The average Bonchev–Trinajstić information content (AvgIpc) is 2.87. The van der Waals surface area contributed by atoms with E-state index in [0.717, 1.165) is 17.8 Å². The Hall–Kier alpha value is -2.10. The fraction of sp³-hybridized carbons (Fsp3) is 0.412. The van der Waals surface area contributed by atoms with Gasteiger partial charge in [-0.3, -0.25) is 4.79 Å². The van der Waals surface area contributed by atoms with Crippen LogP contribution < -0.4 is 11.0 Å². The Morgan fingerprint density at radius 1 is 1.29 bits per heavy atom. The van der Waals surface area contributed by atoms with Crippen LogP contribution in [-0.2, 0) is 0 Å². The van der Waals surface area contributed by atoms with Gasteiger partial charge in [0.2, 0.25) is 0 Å². The van der Waals surface area contributed by atoms with E-state index in [2.05, 4.69) is 43.3 Å². The van der Waals surface area contributed by atoms with Crippen LogP contribution in [0.1, 0.15) is 38.9 Å². The smallest absolute Gasteiger partial charge is 0.279 e. The van der Waals surface area contributed by atoms with E-state index in [-0.39, 0.29) is 17.5 Å². The molecule has 1 heterocycles. The Morgan fingerprint density at radius 2 is 2.05 bits per heavy atom. The molecule has 0 spiro atoms. The maximum atomic E-state index is 12.8. The molecule has 0 amide bonds. The molecule has 2 aromatic rings. The van der Waals surface area contributed by atoms with Gasteiger partial charge in [-0.25, -0.2) is 9.66 Å². The molecule has 21 heavy (non-hydrogen) atoms. The van der Waals surface area contributed by atoms with E-state index in [1.807, 2.05) is 24.3 Å². The molecule has 1 aromatic heterocycles. The molecule has 4 heteroatoms. The molecule has 4 nitrogen and oxygen atoms in total. The number of para-hydroxylation sites is 1. The van der Waals surface area contributed by atoms with Gasteiger partial charge in [-0.05, 0) is 24.5 Å². The number of aromatic nitrogens is 2. The van der Waals surface area contributed by atoms with E-state index < -0.39 is 0 Å². The largest absolute Gasteiger partial charge is 0.315 e. The summed E-state index contributed by atoms with van der Waals surface area (Å²) in [5, 5.41) is 0.657. The summed E-state index contributed by atoms with van der Waals surface area (Å²) in [6.45, 7) is 6.30. The standard InChI is InChI=1S/C17H21N3O/c1-11(2)16-18-15-7-5-4-6-14(15)17(21)20(16)19-13-9-8-12(3)10-13/h4-9,11-13,19H,10H2,1-3H3. The van der Waals surface area contributed by atoms with Crippen LogP contribution in [0.3, 0.4) is 0 Å². The van der Waals surface area contributed by atoms with Crippen molar-refractivity contribution in [2.24, 2.45) is 5.92 Å². The molecule has 0 saturated carbocycles. The molecular weight excluding hydrogens is 262 g/mol. The topological polar surface area (TPSA) is 46.9 Å². The molecule has 0 bridgehead atoms. The van der Waals surface area contributed by atoms with Crippen LogP contribution in [0.2, 0.25) is 0 Å². The van der Waals surface area contributed by atoms with Crippen LogP contribution in [0, 0.1) is 5.92 Å². The van der Waals surface area contributed by atoms with Crippen molar-refractivity contribution in [2.45, 2.75) is 39.2 Å².